The first-order chi connectivity index (χ1) is 8.58. The number of carbonyl (C=O) groups excluding carboxylic acids is 2. The standard InChI is InChI=1S/C13H19N3O2/c1-11(17)15-5-3-6-16(9-8-15)13(18)12-4-7-14(2)10-12/h4,7,10H,3,5-6,8-9H2,1-2H3. The minimum atomic E-state index is 0.0565. The van der Waals surface area contributed by atoms with Gasteiger partial charge in [0.1, 0.15) is 0 Å². The molecule has 5 heteroatoms. The molecule has 0 radical (unpaired) electrons. The Morgan fingerprint density at radius 3 is 2.39 bits per heavy atom. The van der Waals surface area contributed by atoms with Gasteiger partial charge in [0.15, 0.2) is 0 Å². The number of nitrogens with zero attached hydrogens (tertiary/aromatic N) is 3. The Morgan fingerprint density at radius 1 is 1.11 bits per heavy atom. The van der Waals surface area contributed by atoms with Gasteiger partial charge in [-0.05, 0) is 12.5 Å². The molecular weight excluding hydrogens is 230 g/mol. The van der Waals surface area contributed by atoms with Gasteiger partial charge in [0.25, 0.3) is 5.91 Å². The second-order valence-corrected chi connectivity index (χ2v) is 4.72. The molecule has 0 spiro atoms. The zero-order valence-electron chi connectivity index (χ0n) is 10.9. The Balaban J connectivity index is 2.02. The fourth-order valence-corrected chi connectivity index (χ4v) is 2.25. The van der Waals surface area contributed by atoms with Gasteiger partial charge in [0, 0.05) is 52.5 Å². The van der Waals surface area contributed by atoms with Crippen molar-refractivity contribution in [3.63, 3.8) is 0 Å². The van der Waals surface area contributed by atoms with Crippen LogP contribution in [0.1, 0.15) is 23.7 Å². The third-order valence-electron chi connectivity index (χ3n) is 3.31. The highest BCUT2D eigenvalue weighted by atomic mass is 16.2. The number of rotatable bonds is 1. The quantitative estimate of drug-likeness (QED) is 0.736. The second kappa shape index (κ2) is 5.25. The molecule has 0 unspecified atom stereocenters. The SMILES string of the molecule is CC(=O)N1CCCN(C(=O)c2ccn(C)c2)CC1. The number of aryl methyl sites for hydroxylation is 1. The molecule has 0 saturated carbocycles. The third kappa shape index (κ3) is 2.72. The van der Waals surface area contributed by atoms with Crippen molar-refractivity contribution in [3.8, 4) is 0 Å². The van der Waals surface area contributed by atoms with Gasteiger partial charge in [0.2, 0.25) is 5.91 Å². The summed E-state index contributed by atoms with van der Waals surface area (Å²) in [5, 5.41) is 0. The van der Waals surface area contributed by atoms with E-state index in [9.17, 15) is 9.59 Å². The molecule has 1 aromatic heterocycles. The molecular formula is C13H19N3O2. The van der Waals surface area contributed by atoms with Gasteiger partial charge < -0.3 is 14.4 Å². The van der Waals surface area contributed by atoms with E-state index in [0.717, 1.165) is 19.5 Å². The average Bonchev–Trinajstić information content (AvgIpc) is 2.63. The van der Waals surface area contributed by atoms with Crippen LogP contribution >= 0.6 is 0 Å². The maximum Gasteiger partial charge on any atom is 0.255 e. The lowest BCUT2D eigenvalue weighted by Gasteiger charge is -2.20. The number of carbonyl (C=O) groups is 2. The van der Waals surface area contributed by atoms with Crippen LogP contribution in [0.25, 0.3) is 0 Å². The molecule has 0 bridgehead atoms. The van der Waals surface area contributed by atoms with E-state index in [4.69, 9.17) is 0 Å². The summed E-state index contributed by atoms with van der Waals surface area (Å²) in [5.41, 5.74) is 0.716. The van der Waals surface area contributed by atoms with Crippen LogP contribution in [-0.2, 0) is 11.8 Å². The van der Waals surface area contributed by atoms with Crippen molar-refractivity contribution < 1.29 is 9.59 Å². The summed E-state index contributed by atoms with van der Waals surface area (Å²) in [5.74, 6) is 0.144. The highest BCUT2D eigenvalue weighted by molar-refractivity contribution is 5.94. The van der Waals surface area contributed by atoms with E-state index in [2.05, 4.69) is 0 Å². The molecule has 0 aromatic carbocycles. The first-order valence-corrected chi connectivity index (χ1v) is 6.24. The Labute approximate surface area is 107 Å². The minimum Gasteiger partial charge on any atom is -0.356 e. The van der Waals surface area contributed by atoms with E-state index < -0.39 is 0 Å². The summed E-state index contributed by atoms with van der Waals surface area (Å²) in [7, 11) is 1.90. The second-order valence-electron chi connectivity index (χ2n) is 4.72. The number of amides is 2. The molecule has 1 saturated heterocycles. The van der Waals surface area contributed by atoms with Crippen LogP contribution in [0.2, 0.25) is 0 Å². The lowest BCUT2D eigenvalue weighted by molar-refractivity contribution is -0.128. The van der Waals surface area contributed by atoms with Crippen molar-refractivity contribution in [1.82, 2.24) is 14.4 Å². The number of hydrogen-bond donors (Lipinski definition) is 0. The zero-order chi connectivity index (χ0) is 13.1. The molecule has 2 rings (SSSR count). The maximum atomic E-state index is 12.3. The van der Waals surface area contributed by atoms with E-state index >= 15 is 0 Å². The predicted octanol–water partition coefficient (Wildman–Crippen LogP) is 0.719. The number of aromatic nitrogens is 1. The summed E-state index contributed by atoms with van der Waals surface area (Å²) in [4.78, 5) is 27.2. The first-order valence-electron chi connectivity index (χ1n) is 6.24. The predicted molar refractivity (Wildman–Crippen MR) is 68.2 cm³/mol. The minimum absolute atomic E-state index is 0.0565. The van der Waals surface area contributed by atoms with Crippen molar-refractivity contribution in [2.24, 2.45) is 7.05 Å². The average molecular weight is 249 g/mol. The van der Waals surface area contributed by atoms with Crippen molar-refractivity contribution >= 4 is 11.8 Å². The topological polar surface area (TPSA) is 45.6 Å². The van der Waals surface area contributed by atoms with Gasteiger partial charge in [-0.15, -0.1) is 0 Å². The van der Waals surface area contributed by atoms with Crippen LogP contribution in [0.15, 0.2) is 18.5 Å². The van der Waals surface area contributed by atoms with Crippen molar-refractivity contribution in [3.05, 3.63) is 24.0 Å². The third-order valence-corrected chi connectivity index (χ3v) is 3.31. The van der Waals surface area contributed by atoms with E-state index in [1.165, 1.54) is 0 Å². The molecule has 1 aliphatic heterocycles. The lowest BCUT2D eigenvalue weighted by Crippen LogP contribution is -2.36. The molecule has 5 nitrogen and oxygen atoms in total. The summed E-state index contributed by atoms with van der Waals surface area (Å²) < 4.78 is 1.87. The van der Waals surface area contributed by atoms with Crippen LogP contribution in [-0.4, -0.2) is 52.4 Å². The van der Waals surface area contributed by atoms with Gasteiger partial charge in [0.05, 0.1) is 5.56 Å². The van der Waals surface area contributed by atoms with Crippen LogP contribution in [0, 0.1) is 0 Å². The summed E-state index contributed by atoms with van der Waals surface area (Å²) >= 11 is 0. The van der Waals surface area contributed by atoms with Gasteiger partial charge in [-0.25, -0.2) is 0 Å². The highest BCUT2D eigenvalue weighted by Gasteiger charge is 2.21. The largest absolute Gasteiger partial charge is 0.356 e. The van der Waals surface area contributed by atoms with Gasteiger partial charge in [-0.2, -0.15) is 0 Å². The Bertz CT molecular complexity index is 453. The van der Waals surface area contributed by atoms with E-state index in [0.29, 0.717) is 18.7 Å². The molecule has 2 amide bonds. The molecule has 98 valence electrons. The fourth-order valence-electron chi connectivity index (χ4n) is 2.25. The number of hydrogen-bond acceptors (Lipinski definition) is 2. The summed E-state index contributed by atoms with van der Waals surface area (Å²) in [6.45, 7) is 4.29. The molecule has 18 heavy (non-hydrogen) atoms. The smallest absolute Gasteiger partial charge is 0.255 e. The van der Waals surface area contributed by atoms with Crippen molar-refractivity contribution in [1.29, 1.82) is 0 Å². The first kappa shape index (κ1) is 12.7. The molecule has 1 fully saturated rings. The molecule has 0 aliphatic carbocycles. The molecule has 0 atom stereocenters. The van der Waals surface area contributed by atoms with Crippen LogP contribution in [0.4, 0.5) is 0 Å². The van der Waals surface area contributed by atoms with Crippen molar-refractivity contribution in [2.45, 2.75) is 13.3 Å². The van der Waals surface area contributed by atoms with E-state index in [-0.39, 0.29) is 11.8 Å². The van der Waals surface area contributed by atoms with Gasteiger partial charge >= 0.3 is 0 Å². The maximum absolute atomic E-state index is 12.3. The lowest BCUT2D eigenvalue weighted by atomic mass is 10.3. The van der Waals surface area contributed by atoms with Crippen LogP contribution in [0.3, 0.4) is 0 Å². The van der Waals surface area contributed by atoms with Gasteiger partial charge in [-0.1, -0.05) is 0 Å². The van der Waals surface area contributed by atoms with E-state index in [1.54, 1.807) is 11.8 Å². The molecule has 2 heterocycles. The Morgan fingerprint density at radius 2 is 1.78 bits per heavy atom. The molecule has 1 aliphatic rings. The fraction of sp³-hybridized carbons (Fsp3) is 0.538. The molecule has 1 aromatic rings. The normalized spacial score (nSPS) is 16.6. The van der Waals surface area contributed by atoms with Crippen LogP contribution < -0.4 is 0 Å². The molecule has 0 N–H and O–H groups in total. The van der Waals surface area contributed by atoms with Crippen molar-refractivity contribution in [2.75, 3.05) is 26.2 Å². The Kier molecular flexibility index (Phi) is 3.69. The van der Waals surface area contributed by atoms with Gasteiger partial charge in [-0.3, -0.25) is 9.59 Å². The Hall–Kier alpha value is -1.78. The van der Waals surface area contributed by atoms with E-state index in [1.807, 2.05) is 35.0 Å². The van der Waals surface area contributed by atoms with Crippen LogP contribution in [0.5, 0.6) is 0 Å². The zero-order valence-corrected chi connectivity index (χ0v) is 10.9. The summed E-state index contributed by atoms with van der Waals surface area (Å²) in [6.07, 6.45) is 4.54. The highest BCUT2D eigenvalue weighted by Crippen LogP contribution is 2.09. The monoisotopic (exact) mass is 249 g/mol. The summed E-state index contributed by atoms with van der Waals surface area (Å²) in [6, 6.07) is 1.83.